The number of aromatic amines is 1. The minimum Gasteiger partial charge on any atom is -0.490 e. The molecule has 0 saturated heterocycles. The predicted molar refractivity (Wildman–Crippen MR) is 116 cm³/mol. The number of para-hydroxylation sites is 2. The van der Waals surface area contributed by atoms with E-state index in [0.717, 1.165) is 43.1 Å². The van der Waals surface area contributed by atoms with Gasteiger partial charge in [-0.25, -0.2) is 4.98 Å². The Hall–Kier alpha value is -2.54. The average Bonchev–Trinajstić information content (AvgIpc) is 3.12. The van der Waals surface area contributed by atoms with E-state index in [0.29, 0.717) is 13.2 Å². The Labute approximate surface area is 171 Å². The van der Waals surface area contributed by atoms with Crippen LogP contribution in [0.3, 0.4) is 0 Å². The SMILES string of the molecule is CCOc1cc(-c2nc3ccccc3[nH]2)cc(I)c1OCc1ccccc1. The molecule has 0 amide bonds. The molecule has 0 unspecified atom stereocenters. The highest BCUT2D eigenvalue weighted by atomic mass is 127. The van der Waals surface area contributed by atoms with Crippen LogP contribution in [-0.4, -0.2) is 16.6 Å². The topological polar surface area (TPSA) is 47.1 Å². The van der Waals surface area contributed by atoms with Gasteiger partial charge in [0.1, 0.15) is 12.4 Å². The zero-order valence-corrected chi connectivity index (χ0v) is 17.1. The van der Waals surface area contributed by atoms with E-state index < -0.39 is 0 Å². The number of ether oxygens (including phenoxy) is 2. The molecule has 0 aliphatic rings. The maximum Gasteiger partial charge on any atom is 0.175 e. The van der Waals surface area contributed by atoms with Crippen molar-refractivity contribution in [1.29, 1.82) is 0 Å². The van der Waals surface area contributed by atoms with Gasteiger partial charge < -0.3 is 14.5 Å². The van der Waals surface area contributed by atoms with E-state index in [9.17, 15) is 0 Å². The molecule has 0 saturated carbocycles. The van der Waals surface area contributed by atoms with Crippen LogP contribution in [0.5, 0.6) is 11.5 Å². The monoisotopic (exact) mass is 470 g/mol. The summed E-state index contributed by atoms with van der Waals surface area (Å²) in [5.41, 5.74) is 4.07. The van der Waals surface area contributed by atoms with Crippen LogP contribution in [0.2, 0.25) is 0 Å². The molecule has 1 heterocycles. The summed E-state index contributed by atoms with van der Waals surface area (Å²) in [4.78, 5) is 8.07. The van der Waals surface area contributed by atoms with Crippen LogP contribution in [0, 0.1) is 3.57 Å². The Kier molecular flexibility index (Phi) is 5.29. The Morgan fingerprint density at radius 1 is 0.963 bits per heavy atom. The zero-order chi connectivity index (χ0) is 18.6. The lowest BCUT2D eigenvalue weighted by molar-refractivity contribution is 0.267. The van der Waals surface area contributed by atoms with Gasteiger partial charge in [-0.05, 0) is 59.3 Å². The highest BCUT2D eigenvalue weighted by Crippen LogP contribution is 2.37. The van der Waals surface area contributed by atoms with Crippen LogP contribution in [0.25, 0.3) is 22.4 Å². The Morgan fingerprint density at radius 2 is 1.74 bits per heavy atom. The van der Waals surface area contributed by atoms with Gasteiger partial charge in [0.05, 0.1) is 21.2 Å². The van der Waals surface area contributed by atoms with Crippen LogP contribution in [0.1, 0.15) is 12.5 Å². The molecule has 4 rings (SSSR count). The smallest absolute Gasteiger partial charge is 0.175 e. The van der Waals surface area contributed by atoms with E-state index in [2.05, 4.69) is 45.8 Å². The lowest BCUT2D eigenvalue weighted by atomic mass is 10.2. The number of halogens is 1. The van der Waals surface area contributed by atoms with Gasteiger partial charge in [0, 0.05) is 5.56 Å². The molecule has 1 aromatic heterocycles. The summed E-state index contributed by atoms with van der Waals surface area (Å²) >= 11 is 2.29. The summed E-state index contributed by atoms with van der Waals surface area (Å²) < 4.78 is 13.0. The number of nitrogens with one attached hydrogen (secondary N) is 1. The molecule has 0 bridgehead atoms. The second-order valence-electron chi connectivity index (χ2n) is 6.10. The number of imidazole rings is 1. The third kappa shape index (κ3) is 3.93. The van der Waals surface area contributed by atoms with Crippen LogP contribution in [-0.2, 0) is 6.61 Å². The second kappa shape index (κ2) is 8.00. The van der Waals surface area contributed by atoms with Crippen molar-refractivity contribution in [2.24, 2.45) is 0 Å². The normalized spacial score (nSPS) is 10.9. The number of hydrogen-bond donors (Lipinski definition) is 1. The van der Waals surface area contributed by atoms with Gasteiger partial charge in [0.2, 0.25) is 0 Å². The number of H-pyrrole nitrogens is 1. The largest absolute Gasteiger partial charge is 0.490 e. The van der Waals surface area contributed by atoms with E-state index in [1.807, 2.05) is 55.5 Å². The summed E-state index contributed by atoms with van der Waals surface area (Å²) in [7, 11) is 0. The number of aromatic nitrogens is 2. The van der Waals surface area contributed by atoms with Crippen molar-refractivity contribution in [1.82, 2.24) is 9.97 Å². The first-order chi connectivity index (χ1) is 13.2. The lowest BCUT2D eigenvalue weighted by Gasteiger charge is -2.15. The molecule has 0 spiro atoms. The molecule has 0 aliphatic carbocycles. The van der Waals surface area contributed by atoms with Gasteiger partial charge in [0.25, 0.3) is 0 Å². The van der Waals surface area contributed by atoms with Gasteiger partial charge in [-0.15, -0.1) is 0 Å². The van der Waals surface area contributed by atoms with Crippen molar-refractivity contribution in [3.63, 3.8) is 0 Å². The summed E-state index contributed by atoms with van der Waals surface area (Å²) in [6.07, 6.45) is 0. The molecular formula is C22H19IN2O2. The molecule has 1 N–H and O–H groups in total. The number of rotatable bonds is 6. The first-order valence-electron chi connectivity index (χ1n) is 8.83. The second-order valence-corrected chi connectivity index (χ2v) is 7.26. The fourth-order valence-corrected chi connectivity index (χ4v) is 3.68. The first kappa shape index (κ1) is 17.9. The highest BCUT2D eigenvalue weighted by Gasteiger charge is 2.15. The number of benzene rings is 3. The van der Waals surface area contributed by atoms with Crippen molar-refractivity contribution in [3.05, 3.63) is 75.9 Å². The minimum absolute atomic E-state index is 0.501. The predicted octanol–water partition coefficient (Wildman–Crippen LogP) is 5.81. The van der Waals surface area contributed by atoms with Crippen LogP contribution < -0.4 is 9.47 Å². The maximum atomic E-state index is 6.09. The van der Waals surface area contributed by atoms with Crippen molar-refractivity contribution < 1.29 is 9.47 Å². The quantitative estimate of drug-likeness (QED) is 0.362. The third-order valence-electron chi connectivity index (χ3n) is 4.20. The van der Waals surface area contributed by atoms with E-state index in [-0.39, 0.29) is 0 Å². The molecule has 0 atom stereocenters. The molecule has 0 aliphatic heterocycles. The van der Waals surface area contributed by atoms with E-state index in [1.165, 1.54) is 0 Å². The standard InChI is InChI=1S/C22H19IN2O2/c1-2-26-20-13-16(22-24-18-10-6-7-11-19(18)25-22)12-17(23)21(20)27-14-15-8-4-3-5-9-15/h3-13H,2,14H2,1H3,(H,24,25). The number of nitrogens with zero attached hydrogens (tertiary/aromatic N) is 1. The number of hydrogen-bond acceptors (Lipinski definition) is 3. The van der Waals surface area contributed by atoms with Crippen molar-refractivity contribution >= 4 is 33.6 Å². The molecule has 136 valence electrons. The lowest BCUT2D eigenvalue weighted by Crippen LogP contribution is -2.02. The zero-order valence-electron chi connectivity index (χ0n) is 14.9. The minimum atomic E-state index is 0.501. The van der Waals surface area contributed by atoms with Gasteiger partial charge in [-0.1, -0.05) is 42.5 Å². The van der Waals surface area contributed by atoms with Crippen LogP contribution >= 0.6 is 22.6 Å². The Bertz CT molecular complexity index is 1030. The fraction of sp³-hybridized carbons (Fsp3) is 0.136. The van der Waals surface area contributed by atoms with Crippen molar-refractivity contribution in [2.75, 3.05) is 6.61 Å². The Morgan fingerprint density at radius 3 is 2.52 bits per heavy atom. The summed E-state index contributed by atoms with van der Waals surface area (Å²) in [6.45, 7) is 3.05. The fourth-order valence-electron chi connectivity index (χ4n) is 2.93. The summed E-state index contributed by atoms with van der Waals surface area (Å²) in [5.74, 6) is 2.32. The maximum absolute atomic E-state index is 6.09. The molecule has 27 heavy (non-hydrogen) atoms. The van der Waals surface area contributed by atoms with Gasteiger partial charge >= 0.3 is 0 Å². The van der Waals surface area contributed by atoms with Crippen LogP contribution in [0.4, 0.5) is 0 Å². The molecule has 3 aromatic carbocycles. The third-order valence-corrected chi connectivity index (χ3v) is 5.00. The molecular weight excluding hydrogens is 451 g/mol. The van der Waals surface area contributed by atoms with E-state index in [1.54, 1.807) is 0 Å². The molecule has 4 nitrogen and oxygen atoms in total. The molecule has 0 radical (unpaired) electrons. The van der Waals surface area contributed by atoms with Crippen molar-refractivity contribution in [2.45, 2.75) is 13.5 Å². The molecule has 0 fully saturated rings. The summed E-state index contributed by atoms with van der Waals surface area (Å²) in [5, 5.41) is 0. The summed E-state index contributed by atoms with van der Waals surface area (Å²) in [6, 6.07) is 22.2. The average molecular weight is 470 g/mol. The molecule has 5 heteroatoms. The van der Waals surface area contributed by atoms with Gasteiger partial charge in [0.15, 0.2) is 11.5 Å². The van der Waals surface area contributed by atoms with E-state index >= 15 is 0 Å². The van der Waals surface area contributed by atoms with Crippen LogP contribution in [0.15, 0.2) is 66.7 Å². The van der Waals surface area contributed by atoms with Gasteiger partial charge in [-0.2, -0.15) is 0 Å². The van der Waals surface area contributed by atoms with E-state index in [4.69, 9.17) is 14.5 Å². The number of fused-ring (bicyclic) bond motifs is 1. The molecule has 4 aromatic rings. The Balaban J connectivity index is 1.68. The first-order valence-corrected chi connectivity index (χ1v) is 9.90. The van der Waals surface area contributed by atoms with Crippen molar-refractivity contribution in [3.8, 4) is 22.9 Å². The van der Waals surface area contributed by atoms with Gasteiger partial charge in [-0.3, -0.25) is 0 Å². The highest BCUT2D eigenvalue weighted by molar-refractivity contribution is 14.1.